The van der Waals surface area contributed by atoms with E-state index >= 15 is 0 Å². The van der Waals surface area contributed by atoms with Gasteiger partial charge in [-0.1, -0.05) is 45.0 Å². The van der Waals surface area contributed by atoms with E-state index in [-0.39, 0.29) is 17.4 Å². The minimum Gasteiger partial charge on any atom is -0.378 e. The summed E-state index contributed by atoms with van der Waals surface area (Å²) in [6, 6.07) is 9.90. The van der Waals surface area contributed by atoms with E-state index in [2.05, 4.69) is 37.1 Å². The number of nitrogens with zero attached hydrogens (tertiary/aromatic N) is 1. The van der Waals surface area contributed by atoms with Crippen molar-refractivity contribution < 1.29 is 9.53 Å². The Morgan fingerprint density at radius 2 is 2.17 bits per heavy atom. The fourth-order valence-electron chi connectivity index (χ4n) is 3.32. The number of para-hydroxylation sites is 1. The Kier molecular flexibility index (Phi) is 4.86. The van der Waals surface area contributed by atoms with Crippen LogP contribution in [0.3, 0.4) is 0 Å². The van der Waals surface area contributed by atoms with Gasteiger partial charge in [-0.3, -0.25) is 4.79 Å². The number of pyridine rings is 1. The molecule has 0 aliphatic carbocycles. The molecular weight excluding hydrogens is 300 g/mol. The zero-order chi connectivity index (χ0) is 17.2. The second kappa shape index (κ2) is 6.89. The molecular formula is C20H26N2O2. The third kappa shape index (κ3) is 3.75. The summed E-state index contributed by atoms with van der Waals surface area (Å²) in [7, 11) is 0. The third-order valence-electron chi connectivity index (χ3n) is 4.66. The molecule has 4 nitrogen and oxygen atoms in total. The maximum absolute atomic E-state index is 12.4. The smallest absolute Gasteiger partial charge is 0.269 e. The third-order valence-corrected chi connectivity index (χ3v) is 4.66. The molecule has 0 spiro atoms. The molecule has 1 aliphatic rings. The van der Waals surface area contributed by atoms with Crippen LogP contribution in [0.2, 0.25) is 0 Å². The van der Waals surface area contributed by atoms with Crippen molar-refractivity contribution in [3.05, 3.63) is 41.6 Å². The highest BCUT2D eigenvalue weighted by atomic mass is 16.5. The largest absolute Gasteiger partial charge is 0.378 e. The van der Waals surface area contributed by atoms with Crippen LogP contribution >= 0.6 is 0 Å². The Morgan fingerprint density at radius 1 is 1.33 bits per heavy atom. The van der Waals surface area contributed by atoms with Crippen molar-refractivity contribution in [3.63, 3.8) is 0 Å². The summed E-state index contributed by atoms with van der Waals surface area (Å²) in [5, 5.41) is 4.05. The van der Waals surface area contributed by atoms with Crippen LogP contribution in [-0.2, 0) is 11.2 Å². The molecule has 1 aromatic heterocycles. The van der Waals surface area contributed by atoms with E-state index in [1.54, 1.807) is 6.07 Å². The van der Waals surface area contributed by atoms with E-state index in [0.29, 0.717) is 12.2 Å². The normalized spacial score (nSPS) is 19.5. The summed E-state index contributed by atoms with van der Waals surface area (Å²) < 4.78 is 5.78. The lowest BCUT2D eigenvalue weighted by atomic mass is 9.90. The van der Waals surface area contributed by atoms with E-state index in [0.717, 1.165) is 36.8 Å². The van der Waals surface area contributed by atoms with E-state index in [4.69, 9.17) is 4.74 Å². The molecule has 1 aliphatic heterocycles. The number of aryl methyl sites for hydroxylation is 1. The molecule has 0 bridgehead atoms. The quantitative estimate of drug-likeness (QED) is 0.911. The van der Waals surface area contributed by atoms with Gasteiger partial charge in [0.05, 0.1) is 18.2 Å². The standard InChI is InChI=1S/C20H26N2O2/c1-4-14-6-5-7-15-8-9-17(22-18(14)15)19(23)21-11-10-16-12-20(2,3)13-24-16/h5-9,16H,4,10-13H2,1-3H3,(H,21,23). The van der Waals surface area contributed by atoms with Gasteiger partial charge in [0.25, 0.3) is 5.91 Å². The molecule has 1 amide bonds. The van der Waals surface area contributed by atoms with Crippen LogP contribution in [0, 0.1) is 5.41 Å². The maximum atomic E-state index is 12.4. The van der Waals surface area contributed by atoms with Crippen LogP contribution in [0.25, 0.3) is 10.9 Å². The minimum absolute atomic E-state index is 0.111. The Hall–Kier alpha value is -1.94. The molecule has 1 fully saturated rings. The van der Waals surface area contributed by atoms with Crippen LogP contribution in [0.1, 0.15) is 49.7 Å². The summed E-state index contributed by atoms with van der Waals surface area (Å²) in [4.78, 5) is 17.0. The predicted octanol–water partition coefficient (Wildman–Crippen LogP) is 3.73. The highest BCUT2D eigenvalue weighted by Gasteiger charge is 2.31. The summed E-state index contributed by atoms with van der Waals surface area (Å²) in [5.74, 6) is -0.111. The minimum atomic E-state index is -0.111. The van der Waals surface area contributed by atoms with Crippen molar-refractivity contribution >= 4 is 16.8 Å². The first-order chi connectivity index (χ1) is 11.5. The van der Waals surface area contributed by atoms with Gasteiger partial charge in [-0.05, 0) is 36.3 Å². The molecule has 128 valence electrons. The number of hydrogen-bond acceptors (Lipinski definition) is 3. The van der Waals surface area contributed by atoms with Gasteiger partial charge in [0.1, 0.15) is 5.69 Å². The Morgan fingerprint density at radius 3 is 2.88 bits per heavy atom. The van der Waals surface area contributed by atoms with Gasteiger partial charge in [0.2, 0.25) is 0 Å². The molecule has 1 atom stereocenters. The zero-order valence-electron chi connectivity index (χ0n) is 14.8. The Balaban J connectivity index is 1.62. The number of carbonyl (C=O) groups is 1. The van der Waals surface area contributed by atoms with Crippen molar-refractivity contribution in [3.8, 4) is 0 Å². The van der Waals surface area contributed by atoms with Gasteiger partial charge >= 0.3 is 0 Å². The second-order valence-corrected chi connectivity index (χ2v) is 7.38. The average Bonchev–Trinajstić information content (AvgIpc) is 2.92. The molecule has 1 saturated heterocycles. The van der Waals surface area contributed by atoms with Crippen LogP contribution in [-0.4, -0.2) is 30.1 Å². The summed E-state index contributed by atoms with van der Waals surface area (Å²) >= 11 is 0. The van der Waals surface area contributed by atoms with Crippen molar-refractivity contribution in [1.29, 1.82) is 0 Å². The number of amides is 1. The first-order valence-corrected chi connectivity index (χ1v) is 8.77. The molecule has 24 heavy (non-hydrogen) atoms. The number of aromatic nitrogens is 1. The van der Waals surface area contributed by atoms with Crippen molar-refractivity contribution in [1.82, 2.24) is 10.3 Å². The number of fused-ring (bicyclic) bond motifs is 1. The fraction of sp³-hybridized carbons (Fsp3) is 0.500. The van der Waals surface area contributed by atoms with Gasteiger partial charge in [-0.25, -0.2) is 4.98 Å². The number of benzene rings is 1. The van der Waals surface area contributed by atoms with Crippen LogP contribution in [0.15, 0.2) is 30.3 Å². The van der Waals surface area contributed by atoms with Crippen LogP contribution in [0.4, 0.5) is 0 Å². The first kappa shape index (κ1) is 16.9. The highest BCUT2D eigenvalue weighted by molar-refractivity contribution is 5.95. The average molecular weight is 326 g/mol. The highest BCUT2D eigenvalue weighted by Crippen LogP contribution is 2.32. The van der Waals surface area contributed by atoms with E-state index in [1.165, 1.54) is 5.56 Å². The number of carbonyl (C=O) groups excluding carboxylic acids is 1. The van der Waals surface area contributed by atoms with E-state index in [9.17, 15) is 4.79 Å². The maximum Gasteiger partial charge on any atom is 0.269 e. The Labute approximate surface area is 143 Å². The molecule has 1 unspecified atom stereocenters. The summed E-state index contributed by atoms with van der Waals surface area (Å²) in [6.07, 6.45) is 3.06. The number of ether oxygens (including phenoxy) is 1. The monoisotopic (exact) mass is 326 g/mol. The molecule has 0 radical (unpaired) electrons. The lowest BCUT2D eigenvalue weighted by Crippen LogP contribution is -2.28. The van der Waals surface area contributed by atoms with Crippen molar-refractivity contribution in [2.45, 2.75) is 46.1 Å². The molecule has 2 heterocycles. The summed E-state index contributed by atoms with van der Waals surface area (Å²) in [6.45, 7) is 7.96. The molecule has 3 rings (SSSR count). The topological polar surface area (TPSA) is 51.2 Å². The molecule has 1 N–H and O–H groups in total. The molecule has 1 aromatic carbocycles. The van der Waals surface area contributed by atoms with Crippen molar-refractivity contribution in [2.24, 2.45) is 5.41 Å². The van der Waals surface area contributed by atoms with E-state index in [1.807, 2.05) is 18.2 Å². The predicted molar refractivity (Wildman–Crippen MR) is 96.2 cm³/mol. The zero-order valence-corrected chi connectivity index (χ0v) is 14.8. The van der Waals surface area contributed by atoms with Crippen LogP contribution < -0.4 is 5.32 Å². The molecule has 0 saturated carbocycles. The fourth-order valence-corrected chi connectivity index (χ4v) is 3.32. The molecule has 2 aromatic rings. The first-order valence-electron chi connectivity index (χ1n) is 8.77. The number of rotatable bonds is 5. The van der Waals surface area contributed by atoms with Gasteiger partial charge in [-0.15, -0.1) is 0 Å². The van der Waals surface area contributed by atoms with Gasteiger partial charge in [0.15, 0.2) is 0 Å². The van der Waals surface area contributed by atoms with Gasteiger partial charge in [-0.2, -0.15) is 0 Å². The lowest BCUT2D eigenvalue weighted by molar-refractivity contribution is 0.0871. The lowest BCUT2D eigenvalue weighted by Gasteiger charge is -2.14. The van der Waals surface area contributed by atoms with E-state index < -0.39 is 0 Å². The van der Waals surface area contributed by atoms with Gasteiger partial charge in [0, 0.05) is 11.9 Å². The Bertz CT molecular complexity index is 739. The SMILES string of the molecule is CCc1cccc2ccc(C(=O)NCCC3CC(C)(C)CO3)nc12. The summed E-state index contributed by atoms with van der Waals surface area (Å²) in [5.41, 5.74) is 2.83. The van der Waals surface area contributed by atoms with Gasteiger partial charge < -0.3 is 10.1 Å². The second-order valence-electron chi connectivity index (χ2n) is 7.38. The number of nitrogens with one attached hydrogen (secondary N) is 1. The number of hydrogen-bond donors (Lipinski definition) is 1. The van der Waals surface area contributed by atoms with Crippen LogP contribution in [0.5, 0.6) is 0 Å². The van der Waals surface area contributed by atoms with Crippen molar-refractivity contribution in [2.75, 3.05) is 13.2 Å². The molecule has 4 heteroatoms.